The number of likely N-dealkylation sites (N-methyl/N-ethyl adjacent to an activating group) is 1. The molecule has 0 aliphatic carbocycles. The van der Waals surface area contributed by atoms with Crippen LogP contribution in [-0.4, -0.2) is 13.1 Å². The Morgan fingerprint density at radius 2 is 1.68 bits per heavy atom. The van der Waals surface area contributed by atoms with Crippen LogP contribution in [0.4, 0.5) is 0 Å². The smallest absolute Gasteiger partial charge is 0.0108 e. The van der Waals surface area contributed by atoms with Crippen LogP contribution in [0, 0.1) is 6.92 Å². The molecular formula is C18H23N. The second-order valence-corrected chi connectivity index (χ2v) is 5.20. The number of hydrogen-bond donors (Lipinski definition) is 1. The maximum absolute atomic E-state index is 3.44. The minimum atomic E-state index is 0.544. The SMILES string of the molecule is CNC(CCc1cccc(C)c1)Cc1ccccc1. The molecule has 0 saturated carbocycles. The van der Waals surface area contributed by atoms with E-state index in [0.717, 1.165) is 12.8 Å². The van der Waals surface area contributed by atoms with E-state index in [-0.39, 0.29) is 0 Å². The highest BCUT2D eigenvalue weighted by Gasteiger charge is 2.07. The third kappa shape index (κ3) is 4.53. The number of rotatable bonds is 6. The first-order chi connectivity index (χ1) is 9.28. The van der Waals surface area contributed by atoms with Crippen LogP contribution in [0.2, 0.25) is 0 Å². The molecule has 1 unspecified atom stereocenters. The molecule has 0 spiro atoms. The van der Waals surface area contributed by atoms with Gasteiger partial charge in [0.15, 0.2) is 0 Å². The van der Waals surface area contributed by atoms with E-state index in [1.165, 1.54) is 23.1 Å². The maximum Gasteiger partial charge on any atom is 0.0108 e. The fraction of sp³-hybridized carbons (Fsp3) is 0.333. The molecule has 2 rings (SSSR count). The summed E-state index contributed by atoms with van der Waals surface area (Å²) in [5.41, 5.74) is 4.20. The summed E-state index contributed by atoms with van der Waals surface area (Å²) >= 11 is 0. The lowest BCUT2D eigenvalue weighted by Gasteiger charge is -2.16. The van der Waals surface area contributed by atoms with Gasteiger partial charge >= 0.3 is 0 Å². The maximum atomic E-state index is 3.44. The third-order valence-electron chi connectivity index (χ3n) is 3.60. The number of hydrogen-bond acceptors (Lipinski definition) is 1. The average Bonchev–Trinajstić information content (AvgIpc) is 2.44. The zero-order valence-corrected chi connectivity index (χ0v) is 11.9. The number of benzene rings is 2. The summed E-state index contributed by atoms with van der Waals surface area (Å²) in [6.07, 6.45) is 3.41. The molecule has 0 bridgehead atoms. The van der Waals surface area contributed by atoms with Gasteiger partial charge in [0.05, 0.1) is 0 Å². The first-order valence-electron chi connectivity index (χ1n) is 7.04. The van der Waals surface area contributed by atoms with E-state index in [0.29, 0.717) is 6.04 Å². The molecule has 0 fully saturated rings. The third-order valence-corrected chi connectivity index (χ3v) is 3.60. The van der Waals surface area contributed by atoms with Crippen molar-refractivity contribution in [1.29, 1.82) is 0 Å². The Labute approximate surface area is 116 Å². The van der Waals surface area contributed by atoms with Crippen molar-refractivity contribution in [3.63, 3.8) is 0 Å². The van der Waals surface area contributed by atoms with E-state index in [2.05, 4.69) is 73.9 Å². The fourth-order valence-electron chi connectivity index (χ4n) is 2.46. The molecule has 1 atom stereocenters. The van der Waals surface area contributed by atoms with Gasteiger partial charge in [0.25, 0.3) is 0 Å². The summed E-state index contributed by atoms with van der Waals surface area (Å²) in [5, 5.41) is 3.44. The molecule has 1 nitrogen and oxygen atoms in total. The Balaban J connectivity index is 1.89. The Kier molecular flexibility index (Phi) is 5.17. The lowest BCUT2D eigenvalue weighted by molar-refractivity contribution is 0.520. The highest BCUT2D eigenvalue weighted by atomic mass is 14.9. The summed E-state index contributed by atoms with van der Waals surface area (Å²) in [6, 6.07) is 20.1. The Hall–Kier alpha value is -1.60. The molecule has 19 heavy (non-hydrogen) atoms. The minimum Gasteiger partial charge on any atom is -0.317 e. The van der Waals surface area contributed by atoms with E-state index in [1.54, 1.807) is 0 Å². The summed E-state index contributed by atoms with van der Waals surface area (Å²) in [6.45, 7) is 2.16. The quantitative estimate of drug-likeness (QED) is 0.826. The van der Waals surface area contributed by atoms with Crippen LogP contribution in [0.3, 0.4) is 0 Å². The average molecular weight is 253 g/mol. The van der Waals surface area contributed by atoms with Gasteiger partial charge in [0.2, 0.25) is 0 Å². The summed E-state index contributed by atoms with van der Waals surface area (Å²) in [5.74, 6) is 0. The highest BCUT2D eigenvalue weighted by Crippen LogP contribution is 2.11. The zero-order valence-electron chi connectivity index (χ0n) is 11.9. The summed E-state index contributed by atoms with van der Waals surface area (Å²) in [4.78, 5) is 0. The van der Waals surface area contributed by atoms with Crippen molar-refractivity contribution in [2.45, 2.75) is 32.2 Å². The second-order valence-electron chi connectivity index (χ2n) is 5.20. The normalized spacial score (nSPS) is 12.3. The van der Waals surface area contributed by atoms with Gasteiger partial charge in [-0.25, -0.2) is 0 Å². The molecule has 1 heteroatoms. The molecule has 0 radical (unpaired) electrons. The predicted molar refractivity (Wildman–Crippen MR) is 82.5 cm³/mol. The summed E-state index contributed by atoms with van der Waals surface area (Å²) < 4.78 is 0. The van der Waals surface area contributed by atoms with Gasteiger partial charge in [-0.3, -0.25) is 0 Å². The van der Waals surface area contributed by atoms with Gasteiger partial charge in [-0.05, 0) is 44.4 Å². The topological polar surface area (TPSA) is 12.0 Å². The van der Waals surface area contributed by atoms with E-state index in [9.17, 15) is 0 Å². The van der Waals surface area contributed by atoms with Crippen molar-refractivity contribution >= 4 is 0 Å². The van der Waals surface area contributed by atoms with Crippen LogP contribution in [0.1, 0.15) is 23.1 Å². The lowest BCUT2D eigenvalue weighted by Crippen LogP contribution is -2.28. The lowest BCUT2D eigenvalue weighted by atomic mass is 9.98. The molecule has 0 aromatic heterocycles. The molecule has 0 aliphatic rings. The van der Waals surface area contributed by atoms with Crippen LogP contribution >= 0.6 is 0 Å². The van der Waals surface area contributed by atoms with E-state index < -0.39 is 0 Å². The minimum absolute atomic E-state index is 0.544. The van der Waals surface area contributed by atoms with Gasteiger partial charge in [-0.1, -0.05) is 60.2 Å². The number of nitrogens with one attached hydrogen (secondary N) is 1. The molecule has 1 N–H and O–H groups in total. The van der Waals surface area contributed by atoms with E-state index in [1.807, 2.05) is 0 Å². The molecule has 0 aliphatic heterocycles. The molecule has 2 aromatic carbocycles. The van der Waals surface area contributed by atoms with Crippen molar-refractivity contribution < 1.29 is 0 Å². The zero-order chi connectivity index (χ0) is 13.5. The Bertz CT molecular complexity index is 490. The molecule has 2 aromatic rings. The predicted octanol–water partition coefficient (Wildman–Crippen LogP) is 3.76. The fourth-order valence-corrected chi connectivity index (χ4v) is 2.46. The van der Waals surface area contributed by atoms with Crippen molar-refractivity contribution in [2.24, 2.45) is 0 Å². The number of aryl methyl sites for hydroxylation is 2. The summed E-state index contributed by atoms with van der Waals surface area (Å²) in [7, 11) is 2.06. The first kappa shape index (κ1) is 13.8. The molecular weight excluding hydrogens is 230 g/mol. The molecule has 100 valence electrons. The highest BCUT2D eigenvalue weighted by molar-refractivity contribution is 5.22. The first-order valence-corrected chi connectivity index (χ1v) is 7.04. The molecule has 0 heterocycles. The van der Waals surface area contributed by atoms with Crippen LogP contribution in [-0.2, 0) is 12.8 Å². The van der Waals surface area contributed by atoms with Crippen molar-refractivity contribution in [3.8, 4) is 0 Å². The van der Waals surface area contributed by atoms with Crippen LogP contribution in [0.25, 0.3) is 0 Å². The monoisotopic (exact) mass is 253 g/mol. The molecule has 0 amide bonds. The van der Waals surface area contributed by atoms with Gasteiger partial charge in [-0.15, -0.1) is 0 Å². The van der Waals surface area contributed by atoms with Gasteiger partial charge in [0.1, 0.15) is 0 Å². The standard InChI is InChI=1S/C18H23N/c1-15-7-6-10-17(13-15)11-12-18(19-2)14-16-8-4-3-5-9-16/h3-10,13,18-19H,11-12,14H2,1-2H3. The van der Waals surface area contributed by atoms with Gasteiger partial charge in [0, 0.05) is 6.04 Å². The van der Waals surface area contributed by atoms with Crippen LogP contribution in [0.15, 0.2) is 54.6 Å². The van der Waals surface area contributed by atoms with E-state index >= 15 is 0 Å². The second kappa shape index (κ2) is 7.10. The molecule has 0 saturated heterocycles. The van der Waals surface area contributed by atoms with Crippen molar-refractivity contribution in [2.75, 3.05) is 7.05 Å². The van der Waals surface area contributed by atoms with Crippen molar-refractivity contribution in [1.82, 2.24) is 5.32 Å². The van der Waals surface area contributed by atoms with Crippen LogP contribution < -0.4 is 5.32 Å². The van der Waals surface area contributed by atoms with Gasteiger partial charge in [-0.2, -0.15) is 0 Å². The van der Waals surface area contributed by atoms with E-state index in [4.69, 9.17) is 0 Å². The Morgan fingerprint density at radius 3 is 2.37 bits per heavy atom. The van der Waals surface area contributed by atoms with Crippen molar-refractivity contribution in [3.05, 3.63) is 71.3 Å². The largest absolute Gasteiger partial charge is 0.317 e. The van der Waals surface area contributed by atoms with Crippen LogP contribution in [0.5, 0.6) is 0 Å². The Morgan fingerprint density at radius 1 is 0.947 bits per heavy atom. The van der Waals surface area contributed by atoms with Gasteiger partial charge < -0.3 is 5.32 Å².